The van der Waals surface area contributed by atoms with Gasteiger partial charge in [-0.3, -0.25) is 4.79 Å². The molecule has 0 bridgehead atoms. The first kappa shape index (κ1) is 12.0. The molecule has 0 amide bonds. The Morgan fingerprint density at radius 1 is 1.60 bits per heavy atom. The monoisotopic (exact) mass is 229 g/mol. The van der Waals surface area contributed by atoms with Gasteiger partial charge in [-0.25, -0.2) is 0 Å². The highest BCUT2D eigenvalue weighted by atomic mass is 32.2. The molecule has 5 nitrogen and oxygen atoms in total. The average molecular weight is 229 g/mol. The van der Waals surface area contributed by atoms with E-state index in [2.05, 4.69) is 10.2 Å². The summed E-state index contributed by atoms with van der Waals surface area (Å²) in [5.74, 6) is 0.608. The van der Waals surface area contributed by atoms with Crippen molar-refractivity contribution in [2.45, 2.75) is 31.2 Å². The first-order chi connectivity index (χ1) is 7.06. The van der Waals surface area contributed by atoms with Crippen molar-refractivity contribution in [3.8, 4) is 0 Å². The van der Waals surface area contributed by atoms with E-state index in [1.807, 2.05) is 18.5 Å². The van der Waals surface area contributed by atoms with Crippen molar-refractivity contribution < 1.29 is 9.53 Å². The molecule has 1 aromatic rings. The highest BCUT2D eigenvalue weighted by Gasteiger charge is 2.18. The van der Waals surface area contributed by atoms with Crippen LogP contribution in [0.1, 0.15) is 19.7 Å². The van der Waals surface area contributed by atoms with Crippen LogP contribution in [0, 0.1) is 6.92 Å². The highest BCUT2D eigenvalue weighted by molar-refractivity contribution is 8.00. The van der Waals surface area contributed by atoms with Crippen molar-refractivity contribution >= 4 is 17.7 Å². The summed E-state index contributed by atoms with van der Waals surface area (Å²) in [6.07, 6.45) is 0. The number of hydrogen-bond acceptors (Lipinski definition) is 5. The number of aryl methyl sites for hydroxylation is 1. The Hall–Kier alpha value is -1.04. The normalized spacial score (nSPS) is 12.5. The lowest BCUT2D eigenvalue weighted by Gasteiger charge is -2.08. The van der Waals surface area contributed by atoms with Crippen molar-refractivity contribution in [2.75, 3.05) is 6.61 Å². The number of carbonyl (C=O) groups is 1. The first-order valence-corrected chi connectivity index (χ1v) is 5.63. The standard InChI is InChI=1S/C9H15N3O2S/c1-5-14-8(13)6(2)15-9-11-10-7(3)12(9)4/h6H,5H2,1-4H3. The number of rotatable bonds is 4. The molecule has 6 heteroatoms. The first-order valence-electron chi connectivity index (χ1n) is 4.75. The summed E-state index contributed by atoms with van der Waals surface area (Å²) in [5.41, 5.74) is 0. The summed E-state index contributed by atoms with van der Waals surface area (Å²) in [7, 11) is 1.87. The van der Waals surface area contributed by atoms with Crippen LogP contribution >= 0.6 is 11.8 Å². The molecule has 0 saturated heterocycles. The Bertz CT molecular complexity index is 351. The van der Waals surface area contributed by atoms with Gasteiger partial charge in [0.15, 0.2) is 5.16 Å². The number of thioether (sulfide) groups is 1. The van der Waals surface area contributed by atoms with E-state index in [0.717, 1.165) is 11.0 Å². The number of ether oxygens (including phenoxy) is 1. The van der Waals surface area contributed by atoms with Crippen molar-refractivity contribution in [2.24, 2.45) is 7.05 Å². The Morgan fingerprint density at radius 3 is 2.73 bits per heavy atom. The van der Waals surface area contributed by atoms with Crippen molar-refractivity contribution in [1.82, 2.24) is 14.8 Å². The van der Waals surface area contributed by atoms with E-state index in [1.165, 1.54) is 11.8 Å². The number of carbonyl (C=O) groups excluding carboxylic acids is 1. The van der Waals surface area contributed by atoms with Crippen LogP contribution in [0.2, 0.25) is 0 Å². The zero-order valence-electron chi connectivity index (χ0n) is 9.35. The van der Waals surface area contributed by atoms with E-state index in [-0.39, 0.29) is 11.2 Å². The Kier molecular flexibility index (Phi) is 4.14. The van der Waals surface area contributed by atoms with Gasteiger partial charge in [-0.15, -0.1) is 10.2 Å². The molecule has 1 heterocycles. The topological polar surface area (TPSA) is 57.0 Å². The largest absolute Gasteiger partial charge is 0.465 e. The summed E-state index contributed by atoms with van der Waals surface area (Å²) in [4.78, 5) is 11.4. The highest BCUT2D eigenvalue weighted by Crippen LogP contribution is 2.21. The van der Waals surface area contributed by atoms with Crippen molar-refractivity contribution in [3.05, 3.63) is 5.82 Å². The van der Waals surface area contributed by atoms with Crippen molar-refractivity contribution in [3.63, 3.8) is 0 Å². The summed E-state index contributed by atoms with van der Waals surface area (Å²) >= 11 is 1.35. The molecule has 0 aliphatic rings. The molecule has 1 unspecified atom stereocenters. The molecule has 0 N–H and O–H groups in total. The predicted octanol–water partition coefficient (Wildman–Crippen LogP) is 1.17. The van der Waals surface area contributed by atoms with Gasteiger partial charge in [-0.1, -0.05) is 11.8 Å². The van der Waals surface area contributed by atoms with Gasteiger partial charge in [-0.2, -0.15) is 0 Å². The maximum absolute atomic E-state index is 11.4. The van der Waals surface area contributed by atoms with Crippen LogP contribution in [0.15, 0.2) is 5.16 Å². The summed E-state index contributed by atoms with van der Waals surface area (Å²) < 4.78 is 6.75. The number of aromatic nitrogens is 3. The van der Waals surface area contributed by atoms with E-state index in [1.54, 1.807) is 13.8 Å². The molecule has 15 heavy (non-hydrogen) atoms. The molecule has 1 aromatic heterocycles. The van der Waals surface area contributed by atoms with Crippen LogP contribution in [0.4, 0.5) is 0 Å². The molecule has 0 fully saturated rings. The molecule has 0 saturated carbocycles. The lowest BCUT2D eigenvalue weighted by Crippen LogP contribution is -2.17. The molecule has 84 valence electrons. The van der Waals surface area contributed by atoms with Gasteiger partial charge in [0.2, 0.25) is 0 Å². The van der Waals surface area contributed by atoms with Crippen LogP contribution in [0.3, 0.4) is 0 Å². The molecule has 1 rings (SSSR count). The Balaban J connectivity index is 2.62. The maximum atomic E-state index is 11.4. The second-order valence-electron chi connectivity index (χ2n) is 3.10. The lowest BCUT2D eigenvalue weighted by molar-refractivity contribution is -0.142. The SMILES string of the molecule is CCOC(=O)C(C)Sc1nnc(C)n1C. The predicted molar refractivity (Wildman–Crippen MR) is 57.7 cm³/mol. The number of hydrogen-bond donors (Lipinski definition) is 0. The van der Waals surface area contributed by atoms with Crippen LogP contribution in [-0.2, 0) is 16.6 Å². The van der Waals surface area contributed by atoms with E-state index in [4.69, 9.17) is 4.74 Å². The fraction of sp³-hybridized carbons (Fsp3) is 0.667. The fourth-order valence-electron chi connectivity index (χ4n) is 0.956. The third-order valence-electron chi connectivity index (χ3n) is 1.95. The summed E-state index contributed by atoms with van der Waals surface area (Å²) in [6, 6.07) is 0. The summed E-state index contributed by atoms with van der Waals surface area (Å²) in [5, 5.41) is 8.35. The third-order valence-corrected chi connectivity index (χ3v) is 3.07. The quantitative estimate of drug-likeness (QED) is 0.573. The lowest BCUT2D eigenvalue weighted by atomic mass is 10.5. The van der Waals surface area contributed by atoms with Gasteiger partial charge >= 0.3 is 5.97 Å². The molecule has 0 aliphatic carbocycles. The van der Waals surface area contributed by atoms with E-state index >= 15 is 0 Å². The van der Waals surface area contributed by atoms with Crippen LogP contribution in [0.5, 0.6) is 0 Å². The zero-order valence-corrected chi connectivity index (χ0v) is 10.2. The second-order valence-corrected chi connectivity index (χ2v) is 4.41. The van der Waals surface area contributed by atoms with Gasteiger partial charge in [0.05, 0.1) is 6.61 Å². The number of nitrogens with zero attached hydrogens (tertiary/aromatic N) is 3. The number of esters is 1. The smallest absolute Gasteiger partial charge is 0.319 e. The minimum atomic E-state index is -0.257. The van der Waals surface area contributed by atoms with Crippen LogP contribution in [-0.4, -0.2) is 32.6 Å². The molecule has 1 atom stereocenters. The third kappa shape index (κ3) is 2.95. The van der Waals surface area contributed by atoms with Gasteiger partial charge in [-0.05, 0) is 20.8 Å². The minimum Gasteiger partial charge on any atom is -0.465 e. The Morgan fingerprint density at radius 2 is 2.27 bits per heavy atom. The molecule has 0 radical (unpaired) electrons. The van der Waals surface area contributed by atoms with Crippen LogP contribution in [0.25, 0.3) is 0 Å². The van der Waals surface area contributed by atoms with Gasteiger partial charge in [0.1, 0.15) is 11.1 Å². The fourth-order valence-corrected chi connectivity index (χ4v) is 1.81. The average Bonchev–Trinajstić information content (AvgIpc) is 2.50. The summed E-state index contributed by atoms with van der Waals surface area (Å²) in [6.45, 7) is 5.86. The van der Waals surface area contributed by atoms with E-state index < -0.39 is 0 Å². The molecule has 0 spiro atoms. The van der Waals surface area contributed by atoms with Gasteiger partial charge < -0.3 is 9.30 Å². The van der Waals surface area contributed by atoms with E-state index in [0.29, 0.717) is 6.61 Å². The second kappa shape index (κ2) is 5.16. The molecular formula is C9H15N3O2S. The van der Waals surface area contributed by atoms with Crippen molar-refractivity contribution in [1.29, 1.82) is 0 Å². The Labute approximate surface area is 93.2 Å². The van der Waals surface area contributed by atoms with E-state index in [9.17, 15) is 4.79 Å². The molecule has 0 aliphatic heterocycles. The molecular weight excluding hydrogens is 214 g/mol. The zero-order chi connectivity index (χ0) is 11.4. The maximum Gasteiger partial charge on any atom is 0.319 e. The minimum absolute atomic E-state index is 0.219. The van der Waals surface area contributed by atoms with Crippen LogP contribution < -0.4 is 0 Å². The van der Waals surface area contributed by atoms with Gasteiger partial charge in [0, 0.05) is 7.05 Å². The van der Waals surface area contributed by atoms with Gasteiger partial charge in [0.25, 0.3) is 0 Å². The molecule has 0 aromatic carbocycles.